The van der Waals surface area contributed by atoms with Gasteiger partial charge in [0.25, 0.3) is 5.91 Å². The molecule has 0 saturated carbocycles. The number of amidine groups is 1. The minimum absolute atomic E-state index is 0.0940. The van der Waals surface area contributed by atoms with Crippen molar-refractivity contribution in [2.75, 3.05) is 0 Å². The highest BCUT2D eigenvalue weighted by Crippen LogP contribution is 2.31. The van der Waals surface area contributed by atoms with Crippen LogP contribution < -0.4 is 5.32 Å². The number of aryl methyl sites for hydroxylation is 2. The first kappa shape index (κ1) is 21.8. The van der Waals surface area contributed by atoms with Crippen LogP contribution in [-0.4, -0.2) is 26.7 Å². The fourth-order valence-electron chi connectivity index (χ4n) is 4.02. The summed E-state index contributed by atoms with van der Waals surface area (Å²) in [6.07, 6.45) is 3.79. The SMILES string of the molecule is Cc1cc(C)cc(N=C2NC(=O)/C(=C/c3cn(Cc4ccc(C(=O)O)o4)c4ccccc34)S2)c1. The fourth-order valence-corrected chi connectivity index (χ4v) is 4.85. The maximum atomic E-state index is 12.7. The number of hydrogen-bond donors (Lipinski definition) is 2. The molecule has 2 N–H and O–H groups in total. The Morgan fingerprint density at radius 1 is 1.15 bits per heavy atom. The minimum Gasteiger partial charge on any atom is -0.475 e. The molecule has 0 aliphatic carbocycles. The van der Waals surface area contributed by atoms with E-state index in [1.807, 2.05) is 67.1 Å². The lowest BCUT2D eigenvalue weighted by Gasteiger charge is -2.02. The Labute approximate surface area is 199 Å². The maximum absolute atomic E-state index is 12.7. The molecule has 1 aliphatic rings. The van der Waals surface area contributed by atoms with Crippen molar-refractivity contribution in [3.63, 3.8) is 0 Å². The van der Waals surface area contributed by atoms with E-state index in [1.165, 1.54) is 17.8 Å². The number of carboxylic acids is 1. The molecule has 1 aliphatic heterocycles. The Hall–Kier alpha value is -4.04. The average molecular weight is 472 g/mol. The van der Waals surface area contributed by atoms with Crippen molar-refractivity contribution in [1.82, 2.24) is 9.88 Å². The number of furan rings is 1. The Morgan fingerprint density at radius 2 is 1.91 bits per heavy atom. The van der Waals surface area contributed by atoms with Gasteiger partial charge in [-0.25, -0.2) is 9.79 Å². The Morgan fingerprint density at radius 3 is 2.65 bits per heavy atom. The molecule has 2 aromatic heterocycles. The number of thioether (sulfide) groups is 1. The van der Waals surface area contributed by atoms with Gasteiger partial charge in [-0.05, 0) is 73.1 Å². The third kappa shape index (κ3) is 4.40. The molecule has 1 saturated heterocycles. The largest absolute Gasteiger partial charge is 0.475 e. The quantitative estimate of drug-likeness (QED) is 0.375. The Kier molecular flexibility index (Phi) is 5.59. The summed E-state index contributed by atoms with van der Waals surface area (Å²) in [4.78, 5) is 28.9. The second-order valence-electron chi connectivity index (χ2n) is 8.13. The van der Waals surface area contributed by atoms with Gasteiger partial charge in [-0.1, -0.05) is 24.3 Å². The van der Waals surface area contributed by atoms with E-state index < -0.39 is 5.97 Å². The van der Waals surface area contributed by atoms with E-state index in [2.05, 4.69) is 16.4 Å². The van der Waals surface area contributed by atoms with E-state index in [4.69, 9.17) is 9.52 Å². The molecule has 1 amide bonds. The molecule has 0 unspecified atom stereocenters. The number of nitrogens with zero attached hydrogens (tertiary/aromatic N) is 2. The molecule has 1 fully saturated rings. The number of carbonyl (C=O) groups excluding carboxylic acids is 1. The zero-order valence-corrected chi connectivity index (χ0v) is 19.3. The van der Waals surface area contributed by atoms with Crippen molar-refractivity contribution in [2.45, 2.75) is 20.4 Å². The molecule has 7 nitrogen and oxygen atoms in total. The normalized spacial score (nSPS) is 16.0. The molecule has 8 heteroatoms. The van der Waals surface area contributed by atoms with Crippen LogP contribution in [0.2, 0.25) is 0 Å². The molecule has 5 rings (SSSR count). The van der Waals surface area contributed by atoms with Crippen LogP contribution in [0.4, 0.5) is 5.69 Å². The average Bonchev–Trinajstić information content (AvgIpc) is 3.47. The predicted molar refractivity (Wildman–Crippen MR) is 133 cm³/mol. The lowest BCUT2D eigenvalue weighted by atomic mass is 10.1. The molecule has 0 radical (unpaired) electrons. The number of carbonyl (C=O) groups is 2. The van der Waals surface area contributed by atoms with Gasteiger partial charge in [0.1, 0.15) is 5.76 Å². The standard InChI is InChI=1S/C26H21N3O4S/c1-15-9-16(2)11-18(10-15)27-26-28-24(30)23(34-26)12-17-13-29(21-6-4-3-5-20(17)21)14-19-7-8-22(33-19)25(31)32/h3-13H,14H2,1-2H3,(H,31,32)(H,27,28,30)/b23-12-. The van der Waals surface area contributed by atoms with E-state index >= 15 is 0 Å². The number of aromatic nitrogens is 1. The number of nitrogens with one attached hydrogen (secondary N) is 1. The van der Waals surface area contributed by atoms with E-state index in [0.717, 1.165) is 33.3 Å². The second kappa shape index (κ2) is 8.72. The second-order valence-corrected chi connectivity index (χ2v) is 9.16. The van der Waals surface area contributed by atoms with Gasteiger partial charge in [0, 0.05) is 22.7 Å². The third-order valence-corrected chi connectivity index (χ3v) is 6.30. The van der Waals surface area contributed by atoms with Crippen LogP contribution in [0.1, 0.15) is 33.0 Å². The summed E-state index contributed by atoms with van der Waals surface area (Å²) >= 11 is 1.31. The van der Waals surface area contributed by atoms with Crippen molar-refractivity contribution in [1.29, 1.82) is 0 Å². The van der Waals surface area contributed by atoms with Gasteiger partial charge in [0.05, 0.1) is 17.1 Å². The topological polar surface area (TPSA) is 96.8 Å². The number of carboxylic acid groups (broad SMARTS) is 1. The Bertz CT molecular complexity index is 1490. The van der Waals surface area contributed by atoms with E-state index in [9.17, 15) is 9.59 Å². The number of fused-ring (bicyclic) bond motifs is 1. The molecule has 0 bridgehead atoms. The molecule has 0 spiro atoms. The van der Waals surface area contributed by atoms with Crippen LogP contribution in [0.25, 0.3) is 17.0 Å². The summed E-state index contributed by atoms with van der Waals surface area (Å²) in [7, 11) is 0. The number of aromatic carboxylic acids is 1. The first-order valence-electron chi connectivity index (χ1n) is 10.6. The number of amides is 1. The van der Waals surface area contributed by atoms with Crippen LogP contribution in [0.3, 0.4) is 0 Å². The smallest absolute Gasteiger partial charge is 0.371 e. The van der Waals surface area contributed by atoms with Crippen LogP contribution in [0, 0.1) is 13.8 Å². The summed E-state index contributed by atoms with van der Waals surface area (Å²) in [5, 5.41) is 13.5. The molecular formula is C26H21N3O4S. The van der Waals surface area contributed by atoms with Gasteiger partial charge in [0.15, 0.2) is 5.17 Å². The number of rotatable bonds is 5. The first-order valence-corrected chi connectivity index (χ1v) is 11.4. The monoisotopic (exact) mass is 471 g/mol. The van der Waals surface area contributed by atoms with Crippen molar-refractivity contribution < 1.29 is 19.1 Å². The lowest BCUT2D eigenvalue weighted by Crippen LogP contribution is -2.19. The van der Waals surface area contributed by atoms with E-state index in [1.54, 1.807) is 6.07 Å². The van der Waals surface area contributed by atoms with Gasteiger partial charge >= 0.3 is 5.97 Å². The van der Waals surface area contributed by atoms with Crippen molar-refractivity contribution in [3.8, 4) is 0 Å². The molecule has 2 aromatic carbocycles. The van der Waals surface area contributed by atoms with Crippen LogP contribution in [0.5, 0.6) is 0 Å². The molecular weight excluding hydrogens is 450 g/mol. The van der Waals surface area contributed by atoms with Gasteiger partial charge in [-0.15, -0.1) is 0 Å². The summed E-state index contributed by atoms with van der Waals surface area (Å²) < 4.78 is 7.41. The summed E-state index contributed by atoms with van der Waals surface area (Å²) in [5.74, 6) is -0.852. The molecule has 3 heterocycles. The summed E-state index contributed by atoms with van der Waals surface area (Å²) in [6, 6.07) is 17.0. The Balaban J connectivity index is 1.46. The highest BCUT2D eigenvalue weighted by atomic mass is 32.2. The summed E-state index contributed by atoms with van der Waals surface area (Å²) in [6.45, 7) is 4.41. The zero-order chi connectivity index (χ0) is 23.8. The number of aliphatic imine (C=N–C) groups is 1. The van der Waals surface area contributed by atoms with Gasteiger partial charge in [-0.3, -0.25) is 4.79 Å². The van der Waals surface area contributed by atoms with Crippen molar-refractivity contribution in [3.05, 3.63) is 93.9 Å². The predicted octanol–water partition coefficient (Wildman–Crippen LogP) is 5.49. The van der Waals surface area contributed by atoms with Crippen LogP contribution >= 0.6 is 11.8 Å². The molecule has 4 aromatic rings. The first-order chi connectivity index (χ1) is 16.4. The molecule has 170 valence electrons. The third-order valence-electron chi connectivity index (χ3n) is 5.39. The summed E-state index contributed by atoms with van der Waals surface area (Å²) in [5.41, 5.74) is 4.87. The number of hydrogen-bond acceptors (Lipinski definition) is 5. The fraction of sp³-hybridized carbons (Fsp3) is 0.115. The van der Waals surface area contributed by atoms with Gasteiger partial charge < -0.3 is 19.4 Å². The van der Waals surface area contributed by atoms with Crippen LogP contribution in [0.15, 0.2) is 75.1 Å². The highest BCUT2D eigenvalue weighted by Gasteiger charge is 2.24. The lowest BCUT2D eigenvalue weighted by molar-refractivity contribution is -0.115. The number of benzene rings is 2. The van der Waals surface area contributed by atoms with Gasteiger partial charge in [-0.2, -0.15) is 0 Å². The minimum atomic E-state index is -1.10. The van der Waals surface area contributed by atoms with Crippen molar-refractivity contribution >= 4 is 51.5 Å². The van der Waals surface area contributed by atoms with Crippen molar-refractivity contribution in [2.24, 2.45) is 4.99 Å². The zero-order valence-electron chi connectivity index (χ0n) is 18.5. The van der Waals surface area contributed by atoms with E-state index in [0.29, 0.717) is 22.4 Å². The van der Waals surface area contributed by atoms with Crippen LogP contribution in [-0.2, 0) is 11.3 Å². The molecule has 34 heavy (non-hydrogen) atoms. The number of para-hydroxylation sites is 1. The molecule has 0 atom stereocenters. The van der Waals surface area contributed by atoms with E-state index in [-0.39, 0.29) is 11.7 Å². The maximum Gasteiger partial charge on any atom is 0.371 e. The highest BCUT2D eigenvalue weighted by molar-refractivity contribution is 8.18. The van der Waals surface area contributed by atoms with Gasteiger partial charge in [0.2, 0.25) is 5.76 Å².